The molecule has 0 spiro atoms. The van der Waals surface area contributed by atoms with Crippen molar-refractivity contribution in [3.05, 3.63) is 23.8 Å². The van der Waals surface area contributed by atoms with E-state index >= 15 is 0 Å². The van der Waals surface area contributed by atoms with Crippen LogP contribution in [0.5, 0.6) is 11.5 Å². The van der Waals surface area contributed by atoms with Gasteiger partial charge in [0, 0.05) is 26.2 Å². The summed E-state index contributed by atoms with van der Waals surface area (Å²) in [6, 6.07) is 6.76. The largest absolute Gasteiger partial charge is 0.490 e. The van der Waals surface area contributed by atoms with Crippen molar-refractivity contribution in [2.24, 2.45) is 4.99 Å². The molecular formula is C20H35IN4O2. The maximum atomic E-state index is 5.70. The minimum absolute atomic E-state index is 0. The predicted molar refractivity (Wildman–Crippen MR) is 123 cm³/mol. The van der Waals surface area contributed by atoms with Crippen molar-refractivity contribution in [1.29, 1.82) is 0 Å². The van der Waals surface area contributed by atoms with Crippen molar-refractivity contribution in [2.75, 3.05) is 46.9 Å². The monoisotopic (exact) mass is 490 g/mol. The molecule has 0 amide bonds. The third-order valence-electron chi connectivity index (χ3n) is 4.71. The van der Waals surface area contributed by atoms with Gasteiger partial charge in [-0.3, -0.25) is 4.99 Å². The maximum absolute atomic E-state index is 5.70. The first-order valence-electron chi connectivity index (χ1n) is 9.71. The molecule has 7 heteroatoms. The molecule has 0 aliphatic carbocycles. The minimum atomic E-state index is 0. The lowest BCUT2D eigenvalue weighted by Crippen LogP contribution is -2.44. The van der Waals surface area contributed by atoms with Crippen LogP contribution in [0.2, 0.25) is 0 Å². The molecule has 6 nitrogen and oxygen atoms in total. The Morgan fingerprint density at radius 1 is 1.19 bits per heavy atom. The van der Waals surface area contributed by atoms with Gasteiger partial charge >= 0.3 is 0 Å². The van der Waals surface area contributed by atoms with E-state index in [2.05, 4.69) is 39.7 Å². The van der Waals surface area contributed by atoms with Gasteiger partial charge in [0.2, 0.25) is 0 Å². The number of nitrogens with one attached hydrogen (secondary N) is 2. The van der Waals surface area contributed by atoms with Gasteiger partial charge in [-0.05, 0) is 64.4 Å². The van der Waals surface area contributed by atoms with Crippen LogP contribution in [-0.4, -0.2) is 63.8 Å². The molecule has 1 aliphatic rings. The van der Waals surface area contributed by atoms with E-state index in [1.165, 1.54) is 24.9 Å². The van der Waals surface area contributed by atoms with Gasteiger partial charge in [0.1, 0.15) is 0 Å². The zero-order valence-corrected chi connectivity index (χ0v) is 19.4. The molecule has 1 saturated heterocycles. The number of benzene rings is 1. The van der Waals surface area contributed by atoms with Gasteiger partial charge in [-0.25, -0.2) is 0 Å². The molecule has 1 fully saturated rings. The number of hydrogen-bond donors (Lipinski definition) is 2. The van der Waals surface area contributed by atoms with E-state index < -0.39 is 0 Å². The van der Waals surface area contributed by atoms with Gasteiger partial charge in [-0.2, -0.15) is 0 Å². The Hall–Kier alpha value is -1.22. The summed E-state index contributed by atoms with van der Waals surface area (Å²) in [5.41, 5.74) is 1.22. The summed E-state index contributed by atoms with van der Waals surface area (Å²) in [7, 11) is 4.01. The summed E-state index contributed by atoms with van der Waals surface area (Å²) < 4.78 is 11.3. The van der Waals surface area contributed by atoms with Crippen molar-refractivity contribution in [3.63, 3.8) is 0 Å². The molecule has 1 aromatic carbocycles. The van der Waals surface area contributed by atoms with Crippen LogP contribution >= 0.6 is 24.0 Å². The summed E-state index contributed by atoms with van der Waals surface area (Å²) in [5.74, 6) is 2.49. The first kappa shape index (κ1) is 23.8. The number of rotatable bonds is 9. The van der Waals surface area contributed by atoms with Gasteiger partial charge in [0.15, 0.2) is 17.5 Å². The number of nitrogens with zero attached hydrogens (tertiary/aromatic N) is 2. The molecular weight excluding hydrogens is 455 g/mol. The lowest BCUT2D eigenvalue weighted by atomic mass is 10.1. The summed E-state index contributed by atoms with van der Waals surface area (Å²) in [6.45, 7) is 8.19. The lowest BCUT2D eigenvalue weighted by molar-refractivity contribution is 0.287. The van der Waals surface area contributed by atoms with E-state index in [-0.39, 0.29) is 24.0 Å². The number of likely N-dealkylation sites (N-methyl/N-ethyl adjacent to an activating group) is 1. The molecule has 0 radical (unpaired) electrons. The van der Waals surface area contributed by atoms with E-state index in [4.69, 9.17) is 9.47 Å². The van der Waals surface area contributed by atoms with Crippen LogP contribution in [0, 0.1) is 0 Å². The third-order valence-corrected chi connectivity index (χ3v) is 4.71. The van der Waals surface area contributed by atoms with Crippen LogP contribution in [-0.2, 0) is 6.42 Å². The van der Waals surface area contributed by atoms with Crippen LogP contribution in [0.15, 0.2) is 23.2 Å². The van der Waals surface area contributed by atoms with Crippen LogP contribution in [0.3, 0.4) is 0 Å². The number of likely N-dealkylation sites (tertiary alicyclic amines) is 1. The number of guanidine groups is 1. The Bertz CT molecular complexity index is 583. The molecule has 1 heterocycles. The smallest absolute Gasteiger partial charge is 0.191 e. The molecule has 1 aliphatic heterocycles. The van der Waals surface area contributed by atoms with Crippen molar-refractivity contribution in [3.8, 4) is 11.5 Å². The zero-order chi connectivity index (χ0) is 18.8. The van der Waals surface area contributed by atoms with Crippen molar-refractivity contribution >= 4 is 29.9 Å². The van der Waals surface area contributed by atoms with Crippen LogP contribution in [0.25, 0.3) is 0 Å². The number of aliphatic imine (C=N–C) groups is 1. The minimum Gasteiger partial charge on any atom is -0.490 e. The topological polar surface area (TPSA) is 58.1 Å². The fourth-order valence-corrected chi connectivity index (χ4v) is 3.25. The summed E-state index contributed by atoms with van der Waals surface area (Å²) in [5, 5.41) is 6.83. The molecule has 0 bridgehead atoms. The zero-order valence-electron chi connectivity index (χ0n) is 17.1. The fourth-order valence-electron chi connectivity index (χ4n) is 3.25. The average molecular weight is 490 g/mol. The summed E-state index contributed by atoms with van der Waals surface area (Å²) in [4.78, 5) is 6.73. The lowest BCUT2D eigenvalue weighted by Gasteiger charge is -2.21. The Morgan fingerprint density at radius 3 is 2.56 bits per heavy atom. The molecule has 0 aromatic heterocycles. The van der Waals surface area contributed by atoms with Crippen LogP contribution in [0.4, 0.5) is 0 Å². The molecule has 2 N–H and O–H groups in total. The maximum Gasteiger partial charge on any atom is 0.191 e. The van der Waals surface area contributed by atoms with Gasteiger partial charge in [-0.15, -0.1) is 24.0 Å². The normalized spacial score (nSPS) is 17.3. The number of halogens is 1. The first-order valence-corrected chi connectivity index (χ1v) is 9.71. The predicted octanol–water partition coefficient (Wildman–Crippen LogP) is 2.90. The molecule has 2 rings (SSSR count). The number of ether oxygens (including phenoxy) is 2. The van der Waals surface area contributed by atoms with E-state index in [0.717, 1.165) is 37.0 Å². The Morgan fingerprint density at radius 2 is 1.93 bits per heavy atom. The van der Waals surface area contributed by atoms with Gasteiger partial charge in [0.25, 0.3) is 0 Å². The Balaban J connectivity index is 0.00000364. The van der Waals surface area contributed by atoms with Crippen LogP contribution < -0.4 is 20.1 Å². The van der Waals surface area contributed by atoms with Gasteiger partial charge in [0.05, 0.1) is 13.2 Å². The highest BCUT2D eigenvalue weighted by Crippen LogP contribution is 2.28. The third kappa shape index (κ3) is 7.73. The van der Waals surface area contributed by atoms with E-state index in [1.807, 2.05) is 27.0 Å². The Labute approximate surface area is 181 Å². The van der Waals surface area contributed by atoms with Crippen molar-refractivity contribution < 1.29 is 9.47 Å². The van der Waals surface area contributed by atoms with Crippen LogP contribution in [0.1, 0.15) is 32.3 Å². The summed E-state index contributed by atoms with van der Waals surface area (Å²) >= 11 is 0. The van der Waals surface area contributed by atoms with E-state index in [1.54, 1.807) is 0 Å². The van der Waals surface area contributed by atoms with Crippen molar-refractivity contribution in [1.82, 2.24) is 15.5 Å². The second kappa shape index (κ2) is 13.0. The fraction of sp³-hybridized carbons (Fsp3) is 0.650. The average Bonchev–Trinajstić information content (AvgIpc) is 3.05. The second-order valence-corrected chi connectivity index (χ2v) is 6.55. The van der Waals surface area contributed by atoms with Gasteiger partial charge < -0.3 is 25.0 Å². The highest BCUT2D eigenvalue weighted by molar-refractivity contribution is 14.0. The number of hydrogen-bond acceptors (Lipinski definition) is 4. The molecule has 1 unspecified atom stereocenters. The molecule has 1 atom stereocenters. The molecule has 27 heavy (non-hydrogen) atoms. The molecule has 0 saturated carbocycles. The highest BCUT2D eigenvalue weighted by Gasteiger charge is 2.20. The van der Waals surface area contributed by atoms with Crippen molar-refractivity contribution in [2.45, 2.75) is 39.2 Å². The van der Waals surface area contributed by atoms with E-state index in [9.17, 15) is 0 Å². The first-order chi connectivity index (χ1) is 12.7. The summed E-state index contributed by atoms with van der Waals surface area (Å²) in [6.07, 6.45) is 3.44. The molecule has 1 aromatic rings. The highest BCUT2D eigenvalue weighted by atomic mass is 127. The quantitative estimate of drug-likeness (QED) is 0.317. The standard InChI is InChI=1S/C20H34N4O2.HI/c1-5-25-18-10-9-16(14-19(18)26-6-2)11-12-22-20(21-3)23-15-17-8-7-13-24(17)4;/h9-10,14,17H,5-8,11-13,15H2,1-4H3,(H2,21,22,23);1H. The van der Waals surface area contributed by atoms with E-state index in [0.29, 0.717) is 19.3 Å². The Kier molecular flexibility index (Phi) is 11.5. The molecule has 154 valence electrons. The second-order valence-electron chi connectivity index (χ2n) is 6.55. The van der Waals surface area contributed by atoms with Gasteiger partial charge in [-0.1, -0.05) is 6.07 Å². The SMILES string of the molecule is CCOc1ccc(CCNC(=NC)NCC2CCCN2C)cc1OCC.I.